The van der Waals surface area contributed by atoms with Gasteiger partial charge < -0.3 is 9.80 Å². The average molecular weight is 386 g/mol. The number of rotatable bonds is 3. The fourth-order valence-corrected chi connectivity index (χ4v) is 3.97. The highest BCUT2D eigenvalue weighted by Gasteiger charge is 2.26. The Hall–Kier alpha value is -1.58. The molecule has 0 radical (unpaired) electrons. The summed E-state index contributed by atoms with van der Waals surface area (Å²) in [6, 6.07) is 6.48. The van der Waals surface area contributed by atoms with E-state index in [1.807, 2.05) is 6.07 Å². The van der Waals surface area contributed by atoms with Gasteiger partial charge in [-0.25, -0.2) is 0 Å². The molecule has 3 rings (SSSR count). The summed E-state index contributed by atoms with van der Waals surface area (Å²) in [5.74, 6) is 0.432. The molecule has 1 fully saturated rings. The molecule has 0 spiro atoms. The minimum absolute atomic E-state index is 0.270. The quantitative estimate of drug-likeness (QED) is 0.709. The third kappa shape index (κ3) is 4.47. The minimum Gasteiger partial charge on any atom is -0.367 e. The Kier molecular flexibility index (Phi) is 6.44. The van der Waals surface area contributed by atoms with E-state index in [1.54, 1.807) is 0 Å². The minimum atomic E-state index is 0.270. The van der Waals surface area contributed by atoms with E-state index in [0.717, 1.165) is 60.9 Å². The van der Waals surface area contributed by atoms with Gasteiger partial charge in [-0.15, -0.1) is 0 Å². The molecular weight excluding hydrogens is 354 g/mol. The third-order valence-corrected chi connectivity index (χ3v) is 6.08. The predicted octanol–water partition coefficient (Wildman–Crippen LogP) is 5.23. The lowest BCUT2D eigenvalue weighted by atomic mass is 9.84. The van der Waals surface area contributed by atoms with Crippen molar-refractivity contribution < 1.29 is 0 Å². The number of nitrogens with zero attached hydrogens (tertiary/aromatic N) is 3. The van der Waals surface area contributed by atoms with Crippen LogP contribution in [0.4, 0.5) is 0 Å². The number of allylic oxidation sites excluding steroid dienone is 2. The summed E-state index contributed by atoms with van der Waals surface area (Å²) in [4.78, 5) is 10.00. The third-order valence-electron chi connectivity index (χ3n) is 5.85. The molecule has 2 unspecified atom stereocenters. The van der Waals surface area contributed by atoms with Crippen molar-refractivity contribution in [3.63, 3.8) is 0 Å². The van der Waals surface area contributed by atoms with Crippen molar-refractivity contribution in [3.05, 3.63) is 52.7 Å². The Bertz CT molecular complexity index is 757. The normalized spacial score (nSPS) is 24.3. The van der Waals surface area contributed by atoms with Gasteiger partial charge in [-0.2, -0.15) is 0 Å². The van der Waals surface area contributed by atoms with Crippen molar-refractivity contribution in [2.24, 2.45) is 4.99 Å². The molecule has 2 atom stereocenters. The molecule has 3 nitrogen and oxygen atoms in total. The standard InChI is InChI=1S/C23H32ClN3/c1-6-17(3)25-23-18(4)21-15-19(24)8-9-20(21)16(2)7-10-22(23)27-13-11-26(5)12-14-27/h8-10,15-17H,4,6-7,11-14H2,1-3,5H3. The molecule has 146 valence electrons. The maximum Gasteiger partial charge on any atom is 0.0880 e. The molecule has 1 aliphatic carbocycles. The smallest absolute Gasteiger partial charge is 0.0880 e. The number of fused-ring (bicyclic) bond motifs is 1. The largest absolute Gasteiger partial charge is 0.367 e. The highest BCUT2D eigenvalue weighted by atomic mass is 35.5. The number of halogens is 1. The fourth-order valence-electron chi connectivity index (χ4n) is 3.80. The van der Waals surface area contributed by atoms with Crippen molar-refractivity contribution in [2.75, 3.05) is 33.2 Å². The van der Waals surface area contributed by atoms with Crippen LogP contribution in [-0.2, 0) is 0 Å². The summed E-state index contributed by atoms with van der Waals surface area (Å²) in [7, 11) is 2.19. The lowest BCUT2D eigenvalue weighted by Gasteiger charge is -2.37. The van der Waals surface area contributed by atoms with Gasteiger partial charge in [0.2, 0.25) is 0 Å². The molecule has 0 saturated carbocycles. The summed E-state index contributed by atoms with van der Waals surface area (Å²) in [6.07, 6.45) is 4.41. The topological polar surface area (TPSA) is 18.8 Å². The van der Waals surface area contributed by atoms with Crippen LogP contribution in [0.5, 0.6) is 0 Å². The number of hydrogen-bond donors (Lipinski definition) is 0. The van der Waals surface area contributed by atoms with E-state index in [0.29, 0.717) is 5.92 Å². The van der Waals surface area contributed by atoms with Crippen LogP contribution in [0.25, 0.3) is 5.57 Å². The van der Waals surface area contributed by atoms with Crippen molar-refractivity contribution in [3.8, 4) is 0 Å². The monoisotopic (exact) mass is 385 g/mol. The Morgan fingerprint density at radius 1 is 1.26 bits per heavy atom. The number of aliphatic imine (C=N–C) groups is 1. The summed E-state index contributed by atoms with van der Waals surface area (Å²) >= 11 is 6.35. The molecule has 4 heteroatoms. The summed E-state index contributed by atoms with van der Waals surface area (Å²) in [6.45, 7) is 15.4. The highest BCUT2D eigenvalue weighted by Crippen LogP contribution is 2.35. The van der Waals surface area contributed by atoms with Crippen molar-refractivity contribution >= 4 is 22.9 Å². The molecule has 0 bridgehead atoms. The SMILES string of the molecule is C=C1C(=NC(C)CC)C(N2CCN(C)CC2)=CCC(C)c2ccc(Cl)cc21. The first-order valence-electron chi connectivity index (χ1n) is 10.1. The Morgan fingerprint density at radius 2 is 1.96 bits per heavy atom. The molecule has 0 aromatic heterocycles. The van der Waals surface area contributed by atoms with E-state index in [9.17, 15) is 0 Å². The molecule has 1 saturated heterocycles. The molecule has 2 aliphatic rings. The zero-order valence-corrected chi connectivity index (χ0v) is 17.9. The number of hydrogen-bond acceptors (Lipinski definition) is 3. The van der Waals surface area contributed by atoms with Gasteiger partial charge >= 0.3 is 0 Å². The van der Waals surface area contributed by atoms with Crippen LogP contribution in [0.15, 0.2) is 41.5 Å². The molecule has 1 heterocycles. The maximum atomic E-state index is 6.35. The number of benzene rings is 1. The molecule has 27 heavy (non-hydrogen) atoms. The maximum absolute atomic E-state index is 6.35. The predicted molar refractivity (Wildman–Crippen MR) is 118 cm³/mol. The lowest BCUT2D eigenvalue weighted by Crippen LogP contribution is -2.45. The van der Waals surface area contributed by atoms with Crippen LogP contribution in [0.1, 0.15) is 50.7 Å². The van der Waals surface area contributed by atoms with E-state index >= 15 is 0 Å². The van der Waals surface area contributed by atoms with Crippen LogP contribution in [0.3, 0.4) is 0 Å². The zero-order valence-electron chi connectivity index (χ0n) is 17.1. The van der Waals surface area contributed by atoms with Gasteiger partial charge in [0.15, 0.2) is 0 Å². The van der Waals surface area contributed by atoms with Gasteiger partial charge in [-0.3, -0.25) is 4.99 Å². The van der Waals surface area contributed by atoms with Gasteiger partial charge in [0.05, 0.1) is 11.4 Å². The molecule has 0 amide bonds. The summed E-state index contributed by atoms with van der Waals surface area (Å²) in [5, 5.41) is 0.760. The zero-order chi connectivity index (χ0) is 19.6. The lowest BCUT2D eigenvalue weighted by molar-refractivity contribution is 0.192. The van der Waals surface area contributed by atoms with E-state index < -0.39 is 0 Å². The summed E-state index contributed by atoms with van der Waals surface area (Å²) in [5.41, 5.74) is 5.77. The molecule has 1 aromatic carbocycles. The van der Waals surface area contributed by atoms with Gasteiger partial charge in [-0.1, -0.05) is 44.2 Å². The van der Waals surface area contributed by atoms with Gasteiger partial charge in [0.25, 0.3) is 0 Å². The second-order valence-electron chi connectivity index (χ2n) is 7.96. The first-order valence-corrected chi connectivity index (χ1v) is 10.5. The summed E-state index contributed by atoms with van der Waals surface area (Å²) < 4.78 is 0. The Labute approximate surface area is 169 Å². The van der Waals surface area contributed by atoms with Crippen LogP contribution in [-0.4, -0.2) is 54.8 Å². The number of likely N-dealkylation sites (N-methyl/N-ethyl adjacent to an activating group) is 1. The van der Waals surface area contributed by atoms with Gasteiger partial charge in [0, 0.05) is 42.8 Å². The van der Waals surface area contributed by atoms with E-state index in [-0.39, 0.29) is 6.04 Å². The van der Waals surface area contributed by atoms with Crippen molar-refractivity contribution in [1.82, 2.24) is 9.80 Å². The van der Waals surface area contributed by atoms with E-state index in [1.165, 1.54) is 11.3 Å². The Balaban J connectivity index is 2.08. The van der Waals surface area contributed by atoms with Crippen LogP contribution < -0.4 is 0 Å². The van der Waals surface area contributed by atoms with Crippen LogP contribution in [0.2, 0.25) is 5.02 Å². The number of piperazine rings is 1. The molecular formula is C23H32ClN3. The van der Waals surface area contributed by atoms with Gasteiger partial charge in [0.1, 0.15) is 0 Å². The fraction of sp³-hybridized carbons (Fsp3) is 0.522. The van der Waals surface area contributed by atoms with E-state index in [2.05, 4.69) is 62.4 Å². The Morgan fingerprint density at radius 3 is 2.63 bits per heavy atom. The first-order chi connectivity index (χ1) is 12.9. The molecule has 1 aliphatic heterocycles. The van der Waals surface area contributed by atoms with Crippen molar-refractivity contribution in [1.29, 1.82) is 0 Å². The van der Waals surface area contributed by atoms with Crippen LogP contribution >= 0.6 is 11.6 Å². The second-order valence-corrected chi connectivity index (χ2v) is 8.40. The highest BCUT2D eigenvalue weighted by molar-refractivity contribution is 6.33. The molecule has 0 N–H and O–H groups in total. The first kappa shape index (κ1) is 20.2. The molecule has 1 aromatic rings. The van der Waals surface area contributed by atoms with Crippen molar-refractivity contribution in [2.45, 2.75) is 45.6 Å². The average Bonchev–Trinajstić information content (AvgIpc) is 2.66. The van der Waals surface area contributed by atoms with Gasteiger partial charge in [-0.05, 0) is 56.0 Å². The second kappa shape index (κ2) is 8.62. The van der Waals surface area contributed by atoms with Crippen LogP contribution in [0, 0.1) is 0 Å². The van der Waals surface area contributed by atoms with E-state index in [4.69, 9.17) is 16.6 Å².